The van der Waals surface area contributed by atoms with Crippen LogP contribution in [0.1, 0.15) is 11.1 Å². The minimum absolute atomic E-state index is 0.255. The lowest BCUT2D eigenvalue weighted by Crippen LogP contribution is -2.07. The zero-order valence-corrected chi connectivity index (χ0v) is 15.3. The Morgan fingerprint density at radius 2 is 2.04 bits per heavy atom. The van der Waals surface area contributed by atoms with Crippen molar-refractivity contribution in [1.82, 2.24) is 14.8 Å². The van der Waals surface area contributed by atoms with Gasteiger partial charge in [-0.3, -0.25) is 9.48 Å². The molecule has 2 heterocycles. The number of hydrogen-bond acceptors (Lipinski definition) is 5. The normalized spacial score (nSPS) is 10.8. The Balaban J connectivity index is 1.62. The van der Waals surface area contributed by atoms with E-state index in [9.17, 15) is 4.79 Å². The number of benzene rings is 1. The van der Waals surface area contributed by atoms with Crippen LogP contribution in [0.15, 0.2) is 55.0 Å². The molecule has 0 unspecified atom stereocenters. The summed E-state index contributed by atoms with van der Waals surface area (Å²) in [5.74, 6) is 1.36. The van der Waals surface area contributed by atoms with Gasteiger partial charge in [0.25, 0.3) is 0 Å². The van der Waals surface area contributed by atoms with Crippen molar-refractivity contribution in [2.75, 3.05) is 12.4 Å². The van der Waals surface area contributed by atoms with Crippen LogP contribution >= 0.6 is 0 Å². The monoisotopic (exact) mass is 364 g/mol. The molecule has 0 atom stereocenters. The van der Waals surface area contributed by atoms with E-state index < -0.39 is 0 Å². The first kappa shape index (κ1) is 18.2. The summed E-state index contributed by atoms with van der Waals surface area (Å²) in [5, 5.41) is 6.78. The smallest absolute Gasteiger partial charge is 0.248 e. The van der Waals surface area contributed by atoms with E-state index in [0.29, 0.717) is 23.1 Å². The van der Waals surface area contributed by atoms with Gasteiger partial charge in [-0.15, -0.1) is 0 Å². The van der Waals surface area contributed by atoms with Gasteiger partial charge in [0.15, 0.2) is 11.5 Å². The molecular weight excluding hydrogens is 344 g/mol. The lowest BCUT2D eigenvalue weighted by molar-refractivity contribution is -0.111. The van der Waals surface area contributed by atoms with Crippen LogP contribution in [0, 0.1) is 6.92 Å². The lowest BCUT2D eigenvalue weighted by atomic mass is 10.2. The maximum absolute atomic E-state index is 12.0. The third kappa shape index (κ3) is 4.94. The fourth-order valence-corrected chi connectivity index (χ4v) is 2.37. The molecule has 0 bridgehead atoms. The third-order valence-corrected chi connectivity index (χ3v) is 3.69. The zero-order chi connectivity index (χ0) is 19.2. The van der Waals surface area contributed by atoms with Gasteiger partial charge in [-0.25, -0.2) is 4.98 Å². The van der Waals surface area contributed by atoms with Crippen LogP contribution in [0.25, 0.3) is 6.08 Å². The van der Waals surface area contributed by atoms with E-state index in [1.165, 1.54) is 12.3 Å². The summed E-state index contributed by atoms with van der Waals surface area (Å²) >= 11 is 0. The SMILES string of the molecule is COc1cc(C)ccc1Oc1ccc(NC(=O)/C=C/c2cnn(C)c2)cn1. The number of pyridine rings is 1. The van der Waals surface area contributed by atoms with E-state index in [4.69, 9.17) is 9.47 Å². The summed E-state index contributed by atoms with van der Waals surface area (Å²) in [7, 11) is 3.41. The van der Waals surface area contributed by atoms with E-state index in [-0.39, 0.29) is 5.91 Å². The summed E-state index contributed by atoms with van der Waals surface area (Å²) in [6.07, 6.45) is 8.16. The van der Waals surface area contributed by atoms with Crippen molar-refractivity contribution in [1.29, 1.82) is 0 Å². The standard InChI is InChI=1S/C20H20N4O3/c1-14-4-7-17(18(10-14)26-3)27-20-9-6-16(12-21-20)23-19(25)8-5-15-11-22-24(2)13-15/h4-13H,1-3H3,(H,23,25)/b8-5+. The minimum Gasteiger partial charge on any atom is -0.493 e. The van der Waals surface area contributed by atoms with Gasteiger partial charge in [-0.05, 0) is 36.8 Å². The number of nitrogens with one attached hydrogen (secondary N) is 1. The van der Waals surface area contributed by atoms with Crippen molar-refractivity contribution in [3.05, 3.63) is 66.1 Å². The number of hydrogen-bond donors (Lipinski definition) is 1. The Hall–Kier alpha value is -3.61. The molecule has 27 heavy (non-hydrogen) atoms. The number of carbonyl (C=O) groups excluding carboxylic acids is 1. The number of methoxy groups -OCH3 is 1. The van der Waals surface area contributed by atoms with Gasteiger partial charge in [-0.2, -0.15) is 5.10 Å². The first-order valence-corrected chi connectivity index (χ1v) is 8.30. The Morgan fingerprint density at radius 3 is 2.70 bits per heavy atom. The van der Waals surface area contributed by atoms with Crippen molar-refractivity contribution >= 4 is 17.7 Å². The topological polar surface area (TPSA) is 78.3 Å². The third-order valence-electron chi connectivity index (χ3n) is 3.69. The van der Waals surface area contributed by atoms with Crippen LogP contribution in [-0.2, 0) is 11.8 Å². The van der Waals surface area contributed by atoms with Crippen molar-refractivity contribution in [2.45, 2.75) is 6.92 Å². The highest BCUT2D eigenvalue weighted by atomic mass is 16.5. The van der Waals surface area contributed by atoms with Gasteiger partial charge in [-0.1, -0.05) is 6.07 Å². The van der Waals surface area contributed by atoms with Crippen molar-refractivity contribution in [3.63, 3.8) is 0 Å². The molecule has 3 rings (SSSR count). The van der Waals surface area contributed by atoms with Crippen LogP contribution in [0.4, 0.5) is 5.69 Å². The van der Waals surface area contributed by atoms with Crippen LogP contribution in [0.5, 0.6) is 17.4 Å². The number of amides is 1. The van der Waals surface area contributed by atoms with Gasteiger partial charge in [0.2, 0.25) is 11.8 Å². The molecule has 0 radical (unpaired) electrons. The summed E-state index contributed by atoms with van der Waals surface area (Å²) in [5.41, 5.74) is 2.49. The Kier molecular flexibility index (Phi) is 5.51. The summed E-state index contributed by atoms with van der Waals surface area (Å²) in [4.78, 5) is 16.2. The second kappa shape index (κ2) is 8.18. The molecule has 138 valence electrons. The summed E-state index contributed by atoms with van der Waals surface area (Å²) in [6, 6.07) is 9.05. The molecule has 7 nitrogen and oxygen atoms in total. The molecule has 0 aliphatic rings. The first-order valence-electron chi connectivity index (χ1n) is 8.30. The summed E-state index contributed by atoms with van der Waals surface area (Å²) < 4.78 is 12.7. The number of ether oxygens (including phenoxy) is 2. The molecular formula is C20H20N4O3. The minimum atomic E-state index is -0.255. The van der Waals surface area contributed by atoms with Crippen LogP contribution in [0.2, 0.25) is 0 Å². The van der Waals surface area contributed by atoms with Gasteiger partial charge in [0, 0.05) is 31.0 Å². The largest absolute Gasteiger partial charge is 0.493 e. The molecule has 3 aromatic rings. The zero-order valence-electron chi connectivity index (χ0n) is 15.3. The molecule has 1 amide bonds. The Morgan fingerprint density at radius 1 is 1.19 bits per heavy atom. The number of anilines is 1. The number of nitrogens with zero attached hydrogens (tertiary/aromatic N) is 3. The number of aryl methyl sites for hydroxylation is 2. The van der Waals surface area contributed by atoms with Gasteiger partial charge in [0.05, 0.1) is 25.2 Å². The van der Waals surface area contributed by atoms with Gasteiger partial charge in [0.1, 0.15) is 0 Å². The van der Waals surface area contributed by atoms with E-state index in [1.54, 1.807) is 36.2 Å². The lowest BCUT2D eigenvalue weighted by Gasteiger charge is -2.10. The van der Waals surface area contributed by atoms with Gasteiger partial charge < -0.3 is 14.8 Å². The molecule has 1 N–H and O–H groups in total. The second-order valence-corrected chi connectivity index (χ2v) is 5.91. The first-order chi connectivity index (χ1) is 13.0. The highest BCUT2D eigenvalue weighted by Crippen LogP contribution is 2.31. The molecule has 0 fully saturated rings. The van der Waals surface area contributed by atoms with Crippen molar-refractivity contribution < 1.29 is 14.3 Å². The van der Waals surface area contributed by atoms with E-state index in [0.717, 1.165) is 11.1 Å². The second-order valence-electron chi connectivity index (χ2n) is 5.91. The van der Waals surface area contributed by atoms with Crippen molar-refractivity contribution in [3.8, 4) is 17.4 Å². The van der Waals surface area contributed by atoms with Crippen LogP contribution < -0.4 is 14.8 Å². The summed E-state index contributed by atoms with van der Waals surface area (Å²) in [6.45, 7) is 1.98. The number of rotatable bonds is 6. The number of aromatic nitrogens is 3. The fourth-order valence-electron chi connectivity index (χ4n) is 2.37. The highest BCUT2D eigenvalue weighted by Gasteiger charge is 2.07. The quantitative estimate of drug-likeness (QED) is 0.677. The Bertz CT molecular complexity index is 962. The molecule has 0 saturated carbocycles. The molecule has 7 heteroatoms. The molecule has 1 aromatic carbocycles. The molecule has 0 aliphatic carbocycles. The molecule has 0 aliphatic heterocycles. The molecule has 0 spiro atoms. The molecule has 0 saturated heterocycles. The maximum Gasteiger partial charge on any atom is 0.248 e. The van der Waals surface area contributed by atoms with E-state index in [1.807, 2.05) is 38.4 Å². The predicted octanol–water partition coefficient (Wildman–Crippen LogP) is 3.58. The van der Waals surface area contributed by atoms with Gasteiger partial charge >= 0.3 is 0 Å². The van der Waals surface area contributed by atoms with Crippen LogP contribution in [-0.4, -0.2) is 27.8 Å². The average Bonchev–Trinajstić information content (AvgIpc) is 3.08. The number of carbonyl (C=O) groups is 1. The fraction of sp³-hybridized carbons (Fsp3) is 0.150. The molecule has 2 aromatic heterocycles. The predicted molar refractivity (Wildman–Crippen MR) is 103 cm³/mol. The Labute approximate surface area is 157 Å². The van der Waals surface area contributed by atoms with E-state index >= 15 is 0 Å². The van der Waals surface area contributed by atoms with E-state index in [2.05, 4.69) is 15.4 Å². The van der Waals surface area contributed by atoms with Crippen LogP contribution in [0.3, 0.4) is 0 Å². The average molecular weight is 364 g/mol. The maximum atomic E-state index is 12.0. The van der Waals surface area contributed by atoms with Crippen molar-refractivity contribution in [2.24, 2.45) is 7.05 Å². The highest BCUT2D eigenvalue weighted by molar-refractivity contribution is 6.01.